The summed E-state index contributed by atoms with van der Waals surface area (Å²) in [5, 5.41) is 6.08. The molecule has 2 aromatic carbocycles. The van der Waals surface area contributed by atoms with Crippen LogP contribution in [0.25, 0.3) is 0 Å². The number of nitrogens with one attached hydrogen (secondary N) is 2. The molecule has 1 aliphatic heterocycles. The van der Waals surface area contributed by atoms with E-state index in [2.05, 4.69) is 16.7 Å². The van der Waals surface area contributed by atoms with Crippen molar-refractivity contribution in [1.82, 2.24) is 10.2 Å². The third kappa shape index (κ3) is 4.97. The maximum absolute atomic E-state index is 13.0. The molecule has 154 valence electrons. The highest BCUT2D eigenvalue weighted by Gasteiger charge is 2.39. The van der Waals surface area contributed by atoms with Gasteiger partial charge in [-0.3, -0.25) is 4.79 Å². The second-order valence-corrected chi connectivity index (χ2v) is 8.44. The average Bonchev–Trinajstić information content (AvgIpc) is 2.69. The van der Waals surface area contributed by atoms with Crippen LogP contribution in [0, 0.1) is 26.2 Å². The number of benzene rings is 2. The zero-order valence-corrected chi connectivity index (χ0v) is 17.8. The Morgan fingerprint density at radius 2 is 1.83 bits per heavy atom. The van der Waals surface area contributed by atoms with Crippen molar-refractivity contribution < 1.29 is 9.59 Å². The summed E-state index contributed by atoms with van der Waals surface area (Å²) in [4.78, 5) is 27.5. The molecule has 5 heteroatoms. The predicted molar refractivity (Wildman–Crippen MR) is 117 cm³/mol. The predicted octanol–water partition coefficient (Wildman–Crippen LogP) is 4.56. The fourth-order valence-electron chi connectivity index (χ4n) is 3.94. The number of likely N-dealkylation sites (tertiary alicyclic amines) is 1. The molecule has 0 bridgehead atoms. The largest absolute Gasteiger partial charge is 0.351 e. The summed E-state index contributed by atoms with van der Waals surface area (Å²) in [7, 11) is 0. The van der Waals surface area contributed by atoms with E-state index in [9.17, 15) is 9.59 Å². The highest BCUT2D eigenvalue weighted by atomic mass is 16.2. The molecule has 2 aromatic rings. The number of hydrogen-bond donors (Lipinski definition) is 2. The van der Waals surface area contributed by atoms with Gasteiger partial charge < -0.3 is 15.5 Å². The van der Waals surface area contributed by atoms with Crippen LogP contribution in [0.15, 0.2) is 42.5 Å². The Kier molecular flexibility index (Phi) is 6.26. The van der Waals surface area contributed by atoms with Crippen molar-refractivity contribution in [2.75, 3.05) is 18.4 Å². The zero-order valence-electron chi connectivity index (χ0n) is 17.8. The molecule has 3 amide bonds. The lowest BCUT2D eigenvalue weighted by atomic mass is 9.81. The molecular formula is C24H31N3O2. The number of amides is 3. The Bertz CT molecular complexity index is 909. The van der Waals surface area contributed by atoms with E-state index >= 15 is 0 Å². The van der Waals surface area contributed by atoms with Gasteiger partial charge in [-0.25, -0.2) is 4.79 Å². The minimum atomic E-state index is -0.583. The van der Waals surface area contributed by atoms with Crippen LogP contribution in [0.5, 0.6) is 0 Å². The molecule has 29 heavy (non-hydrogen) atoms. The number of piperidine rings is 1. The third-order valence-corrected chi connectivity index (χ3v) is 5.86. The van der Waals surface area contributed by atoms with E-state index in [0.29, 0.717) is 19.6 Å². The summed E-state index contributed by atoms with van der Waals surface area (Å²) in [6.45, 7) is 9.61. The van der Waals surface area contributed by atoms with Gasteiger partial charge in [-0.2, -0.15) is 0 Å². The Morgan fingerprint density at radius 1 is 1.07 bits per heavy atom. The second kappa shape index (κ2) is 8.68. The van der Waals surface area contributed by atoms with Crippen LogP contribution in [-0.2, 0) is 11.3 Å². The Hall–Kier alpha value is -2.82. The van der Waals surface area contributed by atoms with Crippen LogP contribution >= 0.6 is 0 Å². The monoisotopic (exact) mass is 393 g/mol. The number of carbonyl (C=O) groups excluding carboxylic acids is 2. The molecule has 3 rings (SSSR count). The van der Waals surface area contributed by atoms with Gasteiger partial charge in [0.2, 0.25) is 5.91 Å². The minimum Gasteiger partial charge on any atom is -0.351 e. The van der Waals surface area contributed by atoms with E-state index in [1.54, 1.807) is 4.90 Å². The molecule has 1 unspecified atom stereocenters. The van der Waals surface area contributed by atoms with Crippen molar-refractivity contribution in [3.05, 3.63) is 64.7 Å². The van der Waals surface area contributed by atoms with Crippen molar-refractivity contribution >= 4 is 17.6 Å². The Morgan fingerprint density at radius 3 is 2.55 bits per heavy atom. The normalized spacial score (nSPS) is 19.0. The zero-order chi connectivity index (χ0) is 21.0. The first kappa shape index (κ1) is 20.9. The fraction of sp³-hybridized carbons (Fsp3) is 0.417. The van der Waals surface area contributed by atoms with Gasteiger partial charge in [0.1, 0.15) is 0 Å². The number of carbonyl (C=O) groups is 2. The van der Waals surface area contributed by atoms with Gasteiger partial charge in [0.25, 0.3) is 0 Å². The molecule has 1 fully saturated rings. The molecule has 5 nitrogen and oxygen atoms in total. The maximum Gasteiger partial charge on any atom is 0.321 e. The van der Waals surface area contributed by atoms with Crippen LogP contribution in [0.3, 0.4) is 0 Å². The van der Waals surface area contributed by atoms with Gasteiger partial charge >= 0.3 is 6.03 Å². The second-order valence-electron chi connectivity index (χ2n) is 8.44. The van der Waals surface area contributed by atoms with E-state index in [1.807, 2.05) is 64.1 Å². The maximum atomic E-state index is 13.0. The van der Waals surface area contributed by atoms with Crippen molar-refractivity contribution in [2.45, 2.75) is 47.1 Å². The lowest BCUT2D eigenvalue weighted by Gasteiger charge is -2.39. The summed E-state index contributed by atoms with van der Waals surface area (Å²) in [5.41, 5.74) is 4.71. The average molecular weight is 394 g/mol. The van der Waals surface area contributed by atoms with Crippen molar-refractivity contribution in [3.63, 3.8) is 0 Å². The Balaban J connectivity index is 1.62. The SMILES string of the molecule is Cc1ccc(NC(=O)N2CCCC(C)(C(=O)NCc3ccccc3C)C2)c(C)c1. The molecule has 1 atom stereocenters. The first-order chi connectivity index (χ1) is 13.8. The van der Waals surface area contributed by atoms with Gasteiger partial charge in [-0.15, -0.1) is 0 Å². The van der Waals surface area contributed by atoms with E-state index in [4.69, 9.17) is 0 Å². The summed E-state index contributed by atoms with van der Waals surface area (Å²) >= 11 is 0. The van der Waals surface area contributed by atoms with E-state index < -0.39 is 5.41 Å². The topological polar surface area (TPSA) is 61.4 Å². The van der Waals surface area contributed by atoms with Crippen LogP contribution in [0.1, 0.15) is 42.0 Å². The van der Waals surface area contributed by atoms with Crippen LogP contribution in [0.2, 0.25) is 0 Å². The number of hydrogen-bond acceptors (Lipinski definition) is 2. The molecule has 0 saturated carbocycles. The summed E-state index contributed by atoms with van der Waals surface area (Å²) in [5.74, 6) is 0.00442. The molecule has 0 radical (unpaired) electrons. The molecule has 1 saturated heterocycles. The van der Waals surface area contributed by atoms with Gasteiger partial charge in [0.05, 0.1) is 5.41 Å². The quantitative estimate of drug-likeness (QED) is 0.800. The highest BCUT2D eigenvalue weighted by molar-refractivity contribution is 5.91. The number of urea groups is 1. The van der Waals surface area contributed by atoms with Crippen molar-refractivity contribution in [1.29, 1.82) is 0 Å². The molecule has 1 aliphatic rings. The third-order valence-electron chi connectivity index (χ3n) is 5.86. The molecular weight excluding hydrogens is 362 g/mol. The van der Waals surface area contributed by atoms with Gasteiger partial charge in [-0.1, -0.05) is 42.0 Å². The highest BCUT2D eigenvalue weighted by Crippen LogP contribution is 2.30. The molecule has 1 heterocycles. The first-order valence-corrected chi connectivity index (χ1v) is 10.2. The standard InChI is InChI=1S/C24H31N3O2/c1-17-10-11-21(19(3)14-17)26-23(29)27-13-7-12-24(4,16-27)22(28)25-15-20-9-6-5-8-18(20)2/h5-6,8-11,14H,7,12-13,15-16H2,1-4H3,(H,25,28)(H,26,29). The summed E-state index contributed by atoms with van der Waals surface area (Å²) < 4.78 is 0. The van der Waals surface area contributed by atoms with Crippen molar-refractivity contribution in [3.8, 4) is 0 Å². The molecule has 0 aliphatic carbocycles. The van der Waals surface area contributed by atoms with Crippen molar-refractivity contribution in [2.24, 2.45) is 5.41 Å². The lowest BCUT2D eigenvalue weighted by Crippen LogP contribution is -2.52. The van der Waals surface area contributed by atoms with E-state index in [0.717, 1.165) is 40.8 Å². The number of rotatable bonds is 4. The first-order valence-electron chi connectivity index (χ1n) is 10.2. The molecule has 0 aromatic heterocycles. The molecule has 2 N–H and O–H groups in total. The number of anilines is 1. The smallest absolute Gasteiger partial charge is 0.321 e. The van der Waals surface area contributed by atoms with E-state index in [-0.39, 0.29) is 11.9 Å². The Labute approximate surface area is 173 Å². The summed E-state index contributed by atoms with van der Waals surface area (Å²) in [6, 6.07) is 13.9. The van der Waals surface area contributed by atoms with Crippen LogP contribution < -0.4 is 10.6 Å². The summed E-state index contributed by atoms with van der Waals surface area (Å²) in [6.07, 6.45) is 1.59. The molecule has 0 spiro atoms. The van der Waals surface area contributed by atoms with Gasteiger partial charge in [-0.05, 0) is 63.3 Å². The fourth-order valence-corrected chi connectivity index (χ4v) is 3.94. The number of nitrogens with zero attached hydrogens (tertiary/aromatic N) is 1. The van der Waals surface area contributed by atoms with Gasteiger partial charge in [0.15, 0.2) is 0 Å². The van der Waals surface area contributed by atoms with E-state index in [1.165, 1.54) is 0 Å². The van der Waals surface area contributed by atoms with Gasteiger partial charge in [0, 0.05) is 25.3 Å². The lowest BCUT2D eigenvalue weighted by molar-refractivity contribution is -0.132. The number of aryl methyl sites for hydroxylation is 3. The minimum absolute atomic E-state index is 0.00442. The van der Waals surface area contributed by atoms with Crippen LogP contribution in [-0.4, -0.2) is 29.9 Å². The van der Waals surface area contributed by atoms with Crippen LogP contribution in [0.4, 0.5) is 10.5 Å².